The van der Waals surface area contributed by atoms with Crippen LogP contribution in [0.1, 0.15) is 32.1 Å². The summed E-state index contributed by atoms with van der Waals surface area (Å²) in [6, 6.07) is 6.80. The summed E-state index contributed by atoms with van der Waals surface area (Å²) in [5, 5.41) is 8.75. The molecule has 0 unspecified atom stereocenters. The topological polar surface area (TPSA) is 55.6 Å². The van der Waals surface area contributed by atoms with Gasteiger partial charge in [0.15, 0.2) is 5.65 Å². The minimum Gasteiger partial charge on any atom is -0.367 e. The van der Waals surface area contributed by atoms with Crippen LogP contribution in [0.25, 0.3) is 16.7 Å². The number of aromatic nitrogens is 4. The predicted octanol–water partition coefficient (Wildman–Crippen LogP) is 3.70. The Balaban J connectivity index is 1.71. The van der Waals surface area contributed by atoms with Crippen LogP contribution in [0.3, 0.4) is 0 Å². The highest BCUT2D eigenvalue weighted by atomic mass is 19.1. The molecule has 2 heterocycles. The van der Waals surface area contributed by atoms with E-state index in [0.29, 0.717) is 17.4 Å². The molecule has 1 aliphatic carbocycles. The Morgan fingerprint density at radius 3 is 2.83 bits per heavy atom. The maximum atomic E-state index is 13.5. The first-order valence-electron chi connectivity index (χ1n) is 8.02. The number of rotatable bonds is 3. The van der Waals surface area contributed by atoms with Crippen molar-refractivity contribution in [2.45, 2.75) is 38.1 Å². The van der Waals surface area contributed by atoms with Crippen LogP contribution in [0, 0.1) is 5.82 Å². The molecule has 1 N–H and O–H groups in total. The molecule has 0 aliphatic heterocycles. The third-order valence-electron chi connectivity index (χ3n) is 4.36. The fourth-order valence-electron chi connectivity index (χ4n) is 3.20. The van der Waals surface area contributed by atoms with E-state index in [4.69, 9.17) is 0 Å². The van der Waals surface area contributed by atoms with E-state index in [9.17, 15) is 4.39 Å². The van der Waals surface area contributed by atoms with Crippen LogP contribution in [-0.4, -0.2) is 25.8 Å². The van der Waals surface area contributed by atoms with Crippen LogP contribution in [-0.2, 0) is 0 Å². The van der Waals surface area contributed by atoms with E-state index in [-0.39, 0.29) is 5.82 Å². The first-order chi connectivity index (χ1) is 11.3. The number of hydrogen-bond donors (Lipinski definition) is 1. The quantitative estimate of drug-likeness (QED) is 0.801. The molecule has 1 aromatic carbocycles. The lowest BCUT2D eigenvalue weighted by molar-refractivity contribution is 0.462. The second-order valence-electron chi connectivity index (χ2n) is 5.98. The highest BCUT2D eigenvalue weighted by Gasteiger charge is 2.17. The Labute approximate surface area is 133 Å². The number of hydrogen-bond acceptors (Lipinski definition) is 4. The van der Waals surface area contributed by atoms with Crippen LogP contribution in [0.15, 0.2) is 36.8 Å². The molecule has 0 atom stereocenters. The fraction of sp³-hybridized carbons (Fsp3) is 0.353. The average molecular weight is 311 g/mol. The van der Waals surface area contributed by atoms with Crippen molar-refractivity contribution >= 4 is 16.9 Å². The molecular formula is C17H18FN5. The molecule has 2 aromatic heterocycles. The number of nitrogens with one attached hydrogen (secondary N) is 1. The van der Waals surface area contributed by atoms with E-state index in [2.05, 4.69) is 20.4 Å². The lowest BCUT2D eigenvalue weighted by Gasteiger charge is -2.23. The van der Waals surface area contributed by atoms with Crippen molar-refractivity contribution in [1.29, 1.82) is 0 Å². The molecule has 0 spiro atoms. The Bertz CT molecular complexity index is 823. The van der Waals surface area contributed by atoms with Crippen molar-refractivity contribution in [3.05, 3.63) is 42.6 Å². The third-order valence-corrected chi connectivity index (χ3v) is 4.36. The van der Waals surface area contributed by atoms with Crippen LogP contribution in [0.4, 0.5) is 10.2 Å². The zero-order valence-electron chi connectivity index (χ0n) is 12.7. The molecular weight excluding hydrogens is 293 g/mol. The van der Waals surface area contributed by atoms with E-state index in [1.807, 2.05) is 6.07 Å². The number of anilines is 1. The van der Waals surface area contributed by atoms with E-state index >= 15 is 0 Å². The van der Waals surface area contributed by atoms with Gasteiger partial charge in [0.1, 0.15) is 18.0 Å². The fourth-order valence-corrected chi connectivity index (χ4v) is 3.20. The Morgan fingerprint density at radius 1 is 1.13 bits per heavy atom. The molecule has 0 saturated heterocycles. The van der Waals surface area contributed by atoms with Crippen LogP contribution in [0.5, 0.6) is 0 Å². The van der Waals surface area contributed by atoms with Crippen LogP contribution in [0.2, 0.25) is 0 Å². The summed E-state index contributed by atoms with van der Waals surface area (Å²) in [5.41, 5.74) is 1.34. The first kappa shape index (κ1) is 14.1. The summed E-state index contributed by atoms with van der Waals surface area (Å²) in [7, 11) is 0. The summed E-state index contributed by atoms with van der Waals surface area (Å²) >= 11 is 0. The molecule has 1 fully saturated rings. The SMILES string of the molecule is Fc1cccc(-n2ncc3c(NC4CCCCC4)ncnc32)c1. The largest absolute Gasteiger partial charge is 0.367 e. The third kappa shape index (κ3) is 2.76. The number of nitrogens with zero attached hydrogens (tertiary/aromatic N) is 4. The zero-order valence-corrected chi connectivity index (χ0v) is 12.7. The van der Waals surface area contributed by atoms with Crippen LogP contribution >= 0.6 is 0 Å². The van der Waals surface area contributed by atoms with E-state index in [1.165, 1.54) is 50.6 Å². The van der Waals surface area contributed by atoms with Gasteiger partial charge in [0.05, 0.1) is 17.3 Å². The molecule has 0 amide bonds. The van der Waals surface area contributed by atoms with Crippen molar-refractivity contribution in [2.75, 3.05) is 5.32 Å². The molecule has 6 heteroatoms. The number of benzene rings is 1. The molecule has 118 valence electrons. The van der Waals surface area contributed by atoms with Gasteiger partial charge < -0.3 is 5.32 Å². The first-order valence-corrected chi connectivity index (χ1v) is 8.02. The lowest BCUT2D eigenvalue weighted by atomic mass is 9.95. The highest BCUT2D eigenvalue weighted by Crippen LogP contribution is 2.26. The summed E-state index contributed by atoms with van der Waals surface area (Å²) in [5.74, 6) is 0.519. The maximum Gasteiger partial charge on any atom is 0.168 e. The van der Waals surface area contributed by atoms with Crippen molar-refractivity contribution < 1.29 is 4.39 Å². The van der Waals surface area contributed by atoms with Crippen molar-refractivity contribution in [3.8, 4) is 5.69 Å². The summed E-state index contributed by atoms with van der Waals surface area (Å²) in [4.78, 5) is 8.70. The minimum absolute atomic E-state index is 0.291. The predicted molar refractivity (Wildman–Crippen MR) is 87.1 cm³/mol. The van der Waals surface area contributed by atoms with Gasteiger partial charge in [-0.1, -0.05) is 25.3 Å². The molecule has 1 saturated carbocycles. The standard InChI is InChI=1S/C17H18FN5/c18-12-5-4-8-14(9-12)23-17-15(10-21-23)16(19-11-20-17)22-13-6-2-1-3-7-13/h4-5,8-11,13H,1-3,6-7H2,(H,19,20,22). The lowest BCUT2D eigenvalue weighted by Crippen LogP contribution is -2.22. The molecule has 1 aliphatic rings. The van der Waals surface area contributed by atoms with Gasteiger partial charge in [0, 0.05) is 6.04 Å². The Morgan fingerprint density at radius 2 is 2.00 bits per heavy atom. The normalized spacial score (nSPS) is 15.9. The van der Waals surface area contributed by atoms with E-state index in [1.54, 1.807) is 16.9 Å². The second kappa shape index (κ2) is 5.95. The van der Waals surface area contributed by atoms with Gasteiger partial charge in [0.2, 0.25) is 0 Å². The summed E-state index contributed by atoms with van der Waals surface area (Å²) in [6.07, 6.45) is 9.45. The van der Waals surface area contributed by atoms with Gasteiger partial charge in [-0.25, -0.2) is 19.0 Å². The van der Waals surface area contributed by atoms with E-state index < -0.39 is 0 Å². The molecule has 3 aromatic rings. The van der Waals surface area contributed by atoms with Crippen molar-refractivity contribution in [2.24, 2.45) is 0 Å². The minimum atomic E-state index is -0.291. The van der Waals surface area contributed by atoms with Gasteiger partial charge >= 0.3 is 0 Å². The van der Waals surface area contributed by atoms with Crippen molar-refractivity contribution in [1.82, 2.24) is 19.7 Å². The molecule has 23 heavy (non-hydrogen) atoms. The highest BCUT2D eigenvalue weighted by molar-refractivity contribution is 5.87. The average Bonchev–Trinajstić information content (AvgIpc) is 3.01. The molecule has 4 rings (SSSR count). The van der Waals surface area contributed by atoms with Gasteiger partial charge in [-0.2, -0.15) is 5.10 Å². The smallest absolute Gasteiger partial charge is 0.168 e. The summed E-state index contributed by atoms with van der Waals surface area (Å²) < 4.78 is 15.1. The molecule has 0 radical (unpaired) electrons. The number of halogens is 1. The van der Waals surface area contributed by atoms with E-state index in [0.717, 1.165) is 11.2 Å². The monoisotopic (exact) mass is 311 g/mol. The second-order valence-corrected chi connectivity index (χ2v) is 5.98. The molecule has 5 nitrogen and oxygen atoms in total. The number of fused-ring (bicyclic) bond motifs is 1. The van der Waals surface area contributed by atoms with Gasteiger partial charge in [0.25, 0.3) is 0 Å². The van der Waals surface area contributed by atoms with Gasteiger partial charge in [-0.05, 0) is 31.0 Å². The Hall–Kier alpha value is -2.50. The van der Waals surface area contributed by atoms with Crippen molar-refractivity contribution in [3.63, 3.8) is 0 Å². The Kier molecular flexibility index (Phi) is 3.65. The van der Waals surface area contributed by atoms with Crippen LogP contribution < -0.4 is 5.32 Å². The maximum absolute atomic E-state index is 13.5. The van der Waals surface area contributed by atoms with Gasteiger partial charge in [-0.3, -0.25) is 0 Å². The molecule has 0 bridgehead atoms. The van der Waals surface area contributed by atoms with Gasteiger partial charge in [-0.15, -0.1) is 0 Å². The summed E-state index contributed by atoms with van der Waals surface area (Å²) in [6.45, 7) is 0. The zero-order chi connectivity index (χ0) is 15.6.